The summed E-state index contributed by atoms with van der Waals surface area (Å²) in [6.07, 6.45) is 0.673. The Balaban J connectivity index is 2.69. The van der Waals surface area contributed by atoms with E-state index in [4.69, 9.17) is 23.2 Å². The van der Waals surface area contributed by atoms with Crippen LogP contribution in [0.15, 0.2) is 30.3 Å². The largest absolute Gasteiger partial charge is 0.298 e. The molecule has 92 valence electrons. The molecule has 0 aliphatic heterocycles. The lowest BCUT2D eigenvalue weighted by Gasteiger charge is -2.09. The van der Waals surface area contributed by atoms with Gasteiger partial charge in [0.1, 0.15) is 5.82 Å². The third kappa shape index (κ3) is 2.40. The molecule has 0 radical (unpaired) electrons. The standard InChI is InChI=1S/C14H9Cl2FO/c1-8-4-9(2-3-14(8)17)11-5-10(15)6-13(16)12(11)7-18/h2-7H,1H3. The number of aldehydes is 1. The zero-order valence-corrected chi connectivity index (χ0v) is 11.0. The Kier molecular flexibility index (Phi) is 3.69. The van der Waals surface area contributed by atoms with Gasteiger partial charge in [0.25, 0.3) is 0 Å². The Hall–Kier alpha value is -1.38. The van der Waals surface area contributed by atoms with Crippen molar-refractivity contribution in [2.45, 2.75) is 6.92 Å². The molecule has 0 aliphatic carbocycles. The highest BCUT2D eigenvalue weighted by molar-refractivity contribution is 6.37. The van der Waals surface area contributed by atoms with E-state index in [1.165, 1.54) is 12.1 Å². The summed E-state index contributed by atoms with van der Waals surface area (Å²) in [5, 5.41) is 0.719. The van der Waals surface area contributed by atoms with Crippen molar-refractivity contribution in [2.24, 2.45) is 0 Å². The predicted octanol–water partition coefficient (Wildman–Crippen LogP) is 4.92. The van der Waals surface area contributed by atoms with Crippen molar-refractivity contribution < 1.29 is 9.18 Å². The van der Waals surface area contributed by atoms with Crippen LogP contribution in [0.1, 0.15) is 15.9 Å². The molecule has 0 fully saturated rings. The van der Waals surface area contributed by atoms with Crippen molar-refractivity contribution >= 4 is 29.5 Å². The first kappa shape index (κ1) is 13.1. The van der Waals surface area contributed by atoms with Crippen molar-refractivity contribution in [3.8, 4) is 11.1 Å². The average Bonchev–Trinajstić information content (AvgIpc) is 2.32. The molecule has 18 heavy (non-hydrogen) atoms. The summed E-state index contributed by atoms with van der Waals surface area (Å²) < 4.78 is 13.2. The highest BCUT2D eigenvalue weighted by Crippen LogP contribution is 2.32. The lowest BCUT2D eigenvalue weighted by atomic mass is 9.98. The third-order valence-electron chi connectivity index (χ3n) is 2.68. The number of carbonyl (C=O) groups excluding carboxylic acids is 1. The molecule has 2 aromatic carbocycles. The van der Waals surface area contributed by atoms with Crippen LogP contribution in [-0.2, 0) is 0 Å². The van der Waals surface area contributed by atoms with Gasteiger partial charge in [-0.3, -0.25) is 4.79 Å². The number of halogens is 3. The summed E-state index contributed by atoms with van der Waals surface area (Å²) >= 11 is 11.9. The maximum Gasteiger partial charge on any atom is 0.152 e. The maximum absolute atomic E-state index is 13.2. The lowest BCUT2D eigenvalue weighted by molar-refractivity contribution is 0.112. The fraction of sp³-hybridized carbons (Fsp3) is 0.0714. The van der Waals surface area contributed by atoms with Gasteiger partial charge in [-0.1, -0.05) is 29.3 Å². The topological polar surface area (TPSA) is 17.1 Å². The molecule has 0 saturated heterocycles. The quantitative estimate of drug-likeness (QED) is 0.715. The summed E-state index contributed by atoms with van der Waals surface area (Å²) in [5.74, 6) is -0.292. The second kappa shape index (κ2) is 5.09. The van der Waals surface area contributed by atoms with Crippen LogP contribution in [-0.4, -0.2) is 6.29 Å². The van der Waals surface area contributed by atoms with Gasteiger partial charge < -0.3 is 0 Å². The number of hydrogen-bond acceptors (Lipinski definition) is 1. The van der Waals surface area contributed by atoms with Crippen LogP contribution in [0.25, 0.3) is 11.1 Å². The highest BCUT2D eigenvalue weighted by atomic mass is 35.5. The summed E-state index contributed by atoms with van der Waals surface area (Å²) in [7, 11) is 0. The van der Waals surface area contributed by atoms with Crippen molar-refractivity contribution in [3.63, 3.8) is 0 Å². The van der Waals surface area contributed by atoms with Gasteiger partial charge in [-0.25, -0.2) is 4.39 Å². The monoisotopic (exact) mass is 282 g/mol. The zero-order chi connectivity index (χ0) is 13.3. The van der Waals surface area contributed by atoms with E-state index in [9.17, 15) is 9.18 Å². The zero-order valence-electron chi connectivity index (χ0n) is 9.51. The number of rotatable bonds is 2. The van der Waals surface area contributed by atoms with Gasteiger partial charge in [0.2, 0.25) is 0 Å². The molecule has 0 aromatic heterocycles. The second-order valence-corrected chi connectivity index (χ2v) is 4.77. The minimum Gasteiger partial charge on any atom is -0.298 e. The van der Waals surface area contributed by atoms with E-state index in [2.05, 4.69) is 0 Å². The Labute approximate surface area is 114 Å². The first-order valence-corrected chi connectivity index (χ1v) is 5.99. The summed E-state index contributed by atoms with van der Waals surface area (Å²) in [5.41, 5.74) is 2.17. The fourth-order valence-corrected chi connectivity index (χ4v) is 2.29. The van der Waals surface area contributed by atoms with Gasteiger partial charge in [0.05, 0.1) is 5.02 Å². The van der Waals surface area contributed by atoms with Crippen LogP contribution < -0.4 is 0 Å². The van der Waals surface area contributed by atoms with Crippen molar-refractivity contribution in [1.82, 2.24) is 0 Å². The molecule has 0 aliphatic rings. The minimum absolute atomic E-state index is 0.287. The van der Waals surface area contributed by atoms with E-state index in [-0.39, 0.29) is 10.8 Å². The van der Waals surface area contributed by atoms with Crippen LogP contribution >= 0.6 is 23.2 Å². The normalized spacial score (nSPS) is 10.4. The minimum atomic E-state index is -0.292. The number of aryl methyl sites for hydroxylation is 1. The first-order valence-electron chi connectivity index (χ1n) is 5.23. The molecule has 2 aromatic rings. The van der Waals surface area contributed by atoms with Gasteiger partial charge in [-0.2, -0.15) is 0 Å². The summed E-state index contributed by atoms with van der Waals surface area (Å²) in [4.78, 5) is 11.1. The van der Waals surface area contributed by atoms with Crippen LogP contribution in [0, 0.1) is 12.7 Å². The summed E-state index contributed by atoms with van der Waals surface area (Å²) in [6.45, 7) is 1.66. The molecule has 0 heterocycles. The van der Waals surface area contributed by atoms with Crippen molar-refractivity contribution in [1.29, 1.82) is 0 Å². The number of hydrogen-bond donors (Lipinski definition) is 0. The van der Waals surface area contributed by atoms with Gasteiger partial charge in [-0.05, 0) is 47.9 Å². The number of benzene rings is 2. The van der Waals surface area contributed by atoms with Crippen LogP contribution in [0.3, 0.4) is 0 Å². The molecule has 2 rings (SSSR count). The fourth-order valence-electron chi connectivity index (χ4n) is 1.76. The molecule has 0 amide bonds. The molecular formula is C14H9Cl2FO. The average molecular weight is 283 g/mol. The molecular weight excluding hydrogens is 274 g/mol. The number of carbonyl (C=O) groups is 1. The lowest BCUT2D eigenvalue weighted by Crippen LogP contribution is -1.91. The Morgan fingerprint density at radius 2 is 1.89 bits per heavy atom. The SMILES string of the molecule is Cc1cc(-c2cc(Cl)cc(Cl)c2C=O)ccc1F. The van der Waals surface area contributed by atoms with Crippen LogP contribution in [0.2, 0.25) is 10.0 Å². The van der Waals surface area contributed by atoms with Crippen molar-refractivity contribution in [2.75, 3.05) is 0 Å². The van der Waals surface area contributed by atoms with Gasteiger partial charge in [-0.15, -0.1) is 0 Å². The van der Waals surface area contributed by atoms with Gasteiger partial charge >= 0.3 is 0 Å². The highest BCUT2D eigenvalue weighted by Gasteiger charge is 2.11. The molecule has 0 saturated carbocycles. The van der Waals surface area contributed by atoms with Crippen LogP contribution in [0.4, 0.5) is 4.39 Å². The molecule has 4 heteroatoms. The van der Waals surface area contributed by atoms with Gasteiger partial charge in [0.15, 0.2) is 6.29 Å². The van der Waals surface area contributed by atoms with E-state index in [0.29, 0.717) is 33.6 Å². The Morgan fingerprint density at radius 1 is 1.17 bits per heavy atom. The van der Waals surface area contributed by atoms with E-state index in [1.54, 1.807) is 25.1 Å². The van der Waals surface area contributed by atoms with E-state index in [1.807, 2.05) is 0 Å². The smallest absolute Gasteiger partial charge is 0.152 e. The summed E-state index contributed by atoms with van der Waals surface area (Å²) in [6, 6.07) is 7.76. The molecule has 0 bridgehead atoms. The molecule has 1 nitrogen and oxygen atoms in total. The maximum atomic E-state index is 13.2. The predicted molar refractivity (Wildman–Crippen MR) is 72.0 cm³/mol. The van der Waals surface area contributed by atoms with Crippen LogP contribution in [0.5, 0.6) is 0 Å². The van der Waals surface area contributed by atoms with E-state index >= 15 is 0 Å². The molecule has 0 atom stereocenters. The van der Waals surface area contributed by atoms with E-state index < -0.39 is 0 Å². The third-order valence-corrected chi connectivity index (χ3v) is 3.21. The first-order chi connectivity index (χ1) is 8.52. The second-order valence-electron chi connectivity index (χ2n) is 3.93. The molecule has 0 unspecified atom stereocenters. The van der Waals surface area contributed by atoms with Gasteiger partial charge in [0, 0.05) is 10.6 Å². The Morgan fingerprint density at radius 3 is 2.50 bits per heavy atom. The molecule has 0 N–H and O–H groups in total. The van der Waals surface area contributed by atoms with Crippen molar-refractivity contribution in [3.05, 3.63) is 57.3 Å². The van der Waals surface area contributed by atoms with E-state index in [0.717, 1.165) is 0 Å². The molecule has 0 spiro atoms. The Bertz CT molecular complexity index is 623.